The second-order valence-electron chi connectivity index (χ2n) is 4.47. The first-order chi connectivity index (χ1) is 8.57. The number of amides is 1. The van der Waals surface area contributed by atoms with Gasteiger partial charge in [0.25, 0.3) is 0 Å². The van der Waals surface area contributed by atoms with Crippen LogP contribution in [0.1, 0.15) is 12.8 Å². The van der Waals surface area contributed by atoms with Gasteiger partial charge in [0.05, 0.1) is 0 Å². The van der Waals surface area contributed by atoms with E-state index in [2.05, 4.69) is 0 Å². The van der Waals surface area contributed by atoms with Crippen LogP contribution in [0.15, 0.2) is 0 Å². The lowest BCUT2D eigenvalue weighted by atomic mass is 9.96. The van der Waals surface area contributed by atoms with Gasteiger partial charge in [0, 0.05) is 19.7 Å². The summed E-state index contributed by atoms with van der Waals surface area (Å²) in [5.74, 6) is -6.11. The molecule has 1 fully saturated rings. The third kappa shape index (κ3) is 3.99. The molecule has 1 saturated heterocycles. The van der Waals surface area contributed by atoms with Gasteiger partial charge in [0.2, 0.25) is 11.8 Å². The summed E-state index contributed by atoms with van der Waals surface area (Å²) in [6.07, 6.45) is -10.9. The van der Waals surface area contributed by atoms with Crippen molar-refractivity contribution >= 4 is 5.91 Å². The Morgan fingerprint density at radius 2 is 1.53 bits per heavy atom. The number of likely N-dealkylation sites (tertiary alicyclic amines) is 1. The highest BCUT2D eigenvalue weighted by Gasteiger charge is 2.62. The molecule has 0 aliphatic carbocycles. The summed E-state index contributed by atoms with van der Waals surface area (Å²) in [6, 6.07) is 0. The molecule has 0 radical (unpaired) electrons. The van der Waals surface area contributed by atoms with Gasteiger partial charge in [0.15, 0.2) is 0 Å². The summed E-state index contributed by atoms with van der Waals surface area (Å²) in [5.41, 5.74) is 0. The molecule has 0 bridgehead atoms. The normalized spacial score (nSPS) is 19.1. The molecular weight excluding hydrogens is 280 g/mol. The van der Waals surface area contributed by atoms with Crippen LogP contribution in [0.4, 0.5) is 26.3 Å². The molecule has 0 atom stereocenters. The summed E-state index contributed by atoms with van der Waals surface area (Å²) in [7, 11) is 0. The number of carbonyl (C=O) groups excluding carboxylic acids is 1. The molecule has 112 valence electrons. The van der Waals surface area contributed by atoms with Gasteiger partial charge in [-0.2, -0.15) is 26.3 Å². The first-order valence-corrected chi connectivity index (χ1v) is 5.60. The summed E-state index contributed by atoms with van der Waals surface area (Å²) < 4.78 is 74.1. The highest BCUT2D eigenvalue weighted by atomic mass is 19.4. The number of hydrogen-bond acceptors (Lipinski definition) is 2. The summed E-state index contributed by atoms with van der Waals surface area (Å²) in [4.78, 5) is 12.0. The SMILES string of the molecule is O=C(C(C(F)(F)F)C(F)(F)F)N1CCC(CO)CC1. The van der Waals surface area contributed by atoms with E-state index < -0.39 is 24.2 Å². The lowest BCUT2D eigenvalue weighted by Gasteiger charge is -2.34. The monoisotopic (exact) mass is 293 g/mol. The van der Waals surface area contributed by atoms with Crippen molar-refractivity contribution in [3.8, 4) is 0 Å². The van der Waals surface area contributed by atoms with E-state index in [1.807, 2.05) is 0 Å². The van der Waals surface area contributed by atoms with Crippen molar-refractivity contribution in [3.63, 3.8) is 0 Å². The minimum atomic E-state index is -5.65. The molecule has 0 saturated carbocycles. The number of aliphatic hydroxyl groups is 1. The zero-order valence-electron chi connectivity index (χ0n) is 9.76. The second kappa shape index (κ2) is 5.56. The molecule has 0 spiro atoms. The van der Waals surface area contributed by atoms with E-state index >= 15 is 0 Å². The lowest BCUT2D eigenvalue weighted by Crippen LogP contribution is -2.51. The van der Waals surface area contributed by atoms with Crippen molar-refractivity contribution in [2.45, 2.75) is 25.2 Å². The van der Waals surface area contributed by atoms with Gasteiger partial charge in [-0.05, 0) is 18.8 Å². The lowest BCUT2D eigenvalue weighted by molar-refractivity contribution is -0.277. The maximum Gasteiger partial charge on any atom is 0.409 e. The average Bonchev–Trinajstić information content (AvgIpc) is 2.25. The highest BCUT2D eigenvalue weighted by molar-refractivity contribution is 5.80. The number of aliphatic hydroxyl groups excluding tert-OH is 1. The smallest absolute Gasteiger partial charge is 0.396 e. The molecule has 0 unspecified atom stereocenters. The molecule has 0 aromatic rings. The average molecular weight is 293 g/mol. The Bertz CT molecular complexity index is 305. The second-order valence-corrected chi connectivity index (χ2v) is 4.47. The zero-order chi connectivity index (χ0) is 14.8. The minimum Gasteiger partial charge on any atom is -0.396 e. The summed E-state index contributed by atoms with van der Waals surface area (Å²) >= 11 is 0. The Balaban J connectivity index is 2.79. The van der Waals surface area contributed by atoms with Gasteiger partial charge < -0.3 is 10.0 Å². The number of piperidine rings is 1. The molecule has 0 aromatic carbocycles. The van der Waals surface area contributed by atoms with E-state index in [0.29, 0.717) is 4.90 Å². The third-order valence-electron chi connectivity index (χ3n) is 3.09. The number of rotatable bonds is 2. The van der Waals surface area contributed by atoms with Gasteiger partial charge in [-0.25, -0.2) is 0 Å². The molecule has 3 nitrogen and oxygen atoms in total. The van der Waals surface area contributed by atoms with Crippen LogP contribution in [0.5, 0.6) is 0 Å². The highest BCUT2D eigenvalue weighted by Crippen LogP contribution is 2.40. The number of nitrogens with zero attached hydrogens (tertiary/aromatic N) is 1. The topological polar surface area (TPSA) is 40.5 Å². The Labute approximate surface area is 105 Å². The molecule has 1 aliphatic rings. The minimum absolute atomic E-state index is 0.181. The Morgan fingerprint density at radius 3 is 1.84 bits per heavy atom. The maximum absolute atomic E-state index is 12.4. The predicted molar refractivity (Wildman–Crippen MR) is 52.0 cm³/mol. The van der Waals surface area contributed by atoms with Crippen molar-refractivity contribution in [2.75, 3.05) is 19.7 Å². The zero-order valence-corrected chi connectivity index (χ0v) is 9.76. The van der Waals surface area contributed by atoms with E-state index in [0.717, 1.165) is 0 Å². The van der Waals surface area contributed by atoms with E-state index in [1.165, 1.54) is 0 Å². The van der Waals surface area contributed by atoms with Crippen LogP contribution >= 0.6 is 0 Å². The predicted octanol–water partition coefficient (Wildman–Crippen LogP) is 1.96. The molecule has 1 aliphatic heterocycles. The van der Waals surface area contributed by atoms with Crippen LogP contribution in [0, 0.1) is 11.8 Å². The van der Waals surface area contributed by atoms with Crippen LogP contribution < -0.4 is 0 Å². The van der Waals surface area contributed by atoms with E-state index in [9.17, 15) is 31.1 Å². The van der Waals surface area contributed by atoms with Crippen molar-refractivity contribution in [1.29, 1.82) is 0 Å². The number of halogens is 6. The standard InChI is InChI=1S/C10H13F6NO2/c11-9(12,13)7(10(14,15)16)8(19)17-3-1-6(5-18)2-4-17/h6-7,18H,1-5H2. The number of alkyl halides is 6. The first-order valence-electron chi connectivity index (χ1n) is 5.60. The maximum atomic E-state index is 12.4. The molecule has 1 amide bonds. The van der Waals surface area contributed by atoms with Crippen LogP contribution in [0.3, 0.4) is 0 Å². The first kappa shape index (κ1) is 16.1. The summed E-state index contributed by atoms with van der Waals surface area (Å²) in [5, 5.41) is 8.82. The molecule has 1 N–H and O–H groups in total. The van der Waals surface area contributed by atoms with E-state index in [4.69, 9.17) is 5.11 Å². The van der Waals surface area contributed by atoms with Gasteiger partial charge in [-0.3, -0.25) is 4.79 Å². The summed E-state index contributed by atoms with van der Waals surface area (Å²) in [6.45, 7) is -0.594. The van der Waals surface area contributed by atoms with Gasteiger partial charge in [-0.1, -0.05) is 0 Å². The van der Waals surface area contributed by atoms with Gasteiger partial charge in [-0.15, -0.1) is 0 Å². The van der Waals surface area contributed by atoms with E-state index in [-0.39, 0.29) is 38.5 Å². The molecule has 19 heavy (non-hydrogen) atoms. The van der Waals surface area contributed by atoms with Crippen LogP contribution in [-0.4, -0.2) is 48.0 Å². The number of hydrogen-bond donors (Lipinski definition) is 1. The molecule has 1 rings (SSSR count). The fourth-order valence-corrected chi connectivity index (χ4v) is 1.98. The van der Waals surface area contributed by atoms with Gasteiger partial charge >= 0.3 is 12.4 Å². The third-order valence-corrected chi connectivity index (χ3v) is 3.09. The van der Waals surface area contributed by atoms with Gasteiger partial charge in [0.1, 0.15) is 0 Å². The number of carbonyl (C=O) groups is 1. The van der Waals surface area contributed by atoms with Crippen LogP contribution in [-0.2, 0) is 4.79 Å². The Kier molecular flexibility index (Phi) is 4.70. The molecule has 9 heteroatoms. The largest absolute Gasteiger partial charge is 0.409 e. The quantitative estimate of drug-likeness (QED) is 0.791. The van der Waals surface area contributed by atoms with Crippen molar-refractivity contribution in [2.24, 2.45) is 11.8 Å². The van der Waals surface area contributed by atoms with Crippen molar-refractivity contribution in [3.05, 3.63) is 0 Å². The fraction of sp³-hybridized carbons (Fsp3) is 0.900. The van der Waals surface area contributed by atoms with Crippen LogP contribution in [0.25, 0.3) is 0 Å². The van der Waals surface area contributed by atoms with Crippen molar-refractivity contribution in [1.82, 2.24) is 4.90 Å². The molecule has 0 aromatic heterocycles. The van der Waals surface area contributed by atoms with E-state index in [1.54, 1.807) is 0 Å². The molecule has 1 heterocycles. The van der Waals surface area contributed by atoms with Crippen molar-refractivity contribution < 1.29 is 36.2 Å². The van der Waals surface area contributed by atoms with Crippen LogP contribution in [0.2, 0.25) is 0 Å². The molecular formula is C10H13F6NO2. The Morgan fingerprint density at radius 1 is 1.11 bits per heavy atom. The fourth-order valence-electron chi connectivity index (χ4n) is 1.98. The Hall–Kier alpha value is -0.990.